The Morgan fingerprint density at radius 3 is 3.12 bits per heavy atom. The van der Waals surface area contributed by atoms with Crippen LogP contribution in [0, 0.1) is 0 Å². The predicted octanol–water partition coefficient (Wildman–Crippen LogP) is 1.20. The van der Waals surface area contributed by atoms with Gasteiger partial charge in [-0.2, -0.15) is 4.79 Å². The van der Waals surface area contributed by atoms with Gasteiger partial charge in [0, 0.05) is 0 Å². The van der Waals surface area contributed by atoms with Crippen molar-refractivity contribution in [3.63, 3.8) is 0 Å². The number of hydrogen-bond donors (Lipinski definition) is 0. The number of Topliss-reactive ketones (excluding diaryl/α,β-unsaturated/α-hetero) is 1. The lowest BCUT2D eigenvalue weighted by Crippen LogP contribution is -2.31. The summed E-state index contributed by atoms with van der Waals surface area (Å²) in [7, 11) is 0. The van der Waals surface area contributed by atoms with Crippen LogP contribution in [0.1, 0.15) is 12.8 Å². The fourth-order valence-electron chi connectivity index (χ4n) is 2.03. The van der Waals surface area contributed by atoms with Crippen LogP contribution in [-0.2, 0) is 9.53 Å². The zero-order chi connectivity index (χ0) is 11.8. The minimum absolute atomic E-state index is 0.137. The molecule has 0 N–H and O–H groups in total. The second-order valence-electron chi connectivity index (χ2n) is 4.01. The van der Waals surface area contributed by atoms with Crippen LogP contribution >= 0.6 is 0 Å². The quantitative estimate of drug-likeness (QED) is 0.460. The molecule has 17 heavy (non-hydrogen) atoms. The molecule has 0 aromatic rings. The van der Waals surface area contributed by atoms with Gasteiger partial charge in [0.1, 0.15) is 12.2 Å². The van der Waals surface area contributed by atoms with Crippen molar-refractivity contribution in [3.05, 3.63) is 41.3 Å². The molecule has 0 spiro atoms. The van der Waals surface area contributed by atoms with Gasteiger partial charge in [0.2, 0.25) is 5.78 Å². The standard InChI is InChI=1S/C12H9N3O2/c13-15-8-6-12-9(5-10(8)16)14-7-3-1-2-4-11(7)17-12/h1-4,11H,5-6H2. The summed E-state index contributed by atoms with van der Waals surface area (Å²) in [6.45, 7) is 0. The van der Waals surface area contributed by atoms with E-state index in [-0.39, 0.29) is 30.4 Å². The van der Waals surface area contributed by atoms with Crippen molar-refractivity contribution in [1.29, 1.82) is 0 Å². The van der Waals surface area contributed by atoms with Crippen LogP contribution < -0.4 is 0 Å². The number of allylic oxidation sites excluding steroid dienone is 4. The molecule has 0 radical (unpaired) electrons. The first kappa shape index (κ1) is 9.93. The summed E-state index contributed by atoms with van der Waals surface area (Å²) in [6.07, 6.45) is 7.72. The van der Waals surface area contributed by atoms with E-state index in [1.807, 2.05) is 24.3 Å². The van der Waals surface area contributed by atoms with Crippen LogP contribution in [0.5, 0.6) is 0 Å². The van der Waals surface area contributed by atoms with Gasteiger partial charge in [-0.25, -0.2) is 4.99 Å². The molecule has 1 unspecified atom stereocenters. The summed E-state index contributed by atoms with van der Waals surface area (Å²) in [5.74, 6) is 0.430. The molecule has 3 rings (SSSR count). The second kappa shape index (κ2) is 3.64. The molecule has 0 aromatic carbocycles. The second-order valence-corrected chi connectivity index (χ2v) is 4.01. The van der Waals surface area contributed by atoms with Gasteiger partial charge in [-0.05, 0) is 12.2 Å². The average molecular weight is 227 g/mol. The fourth-order valence-corrected chi connectivity index (χ4v) is 2.03. The first-order valence-electron chi connectivity index (χ1n) is 5.34. The van der Waals surface area contributed by atoms with Crippen LogP contribution in [0.15, 0.2) is 40.8 Å². The van der Waals surface area contributed by atoms with Crippen LogP contribution in [0.25, 0.3) is 5.53 Å². The molecule has 0 bridgehead atoms. The molecule has 5 heteroatoms. The summed E-state index contributed by atoms with van der Waals surface area (Å²) in [6, 6.07) is 0. The Bertz CT molecular complexity index is 575. The van der Waals surface area contributed by atoms with Crippen LogP contribution in [0.4, 0.5) is 0 Å². The summed E-state index contributed by atoms with van der Waals surface area (Å²) in [5.41, 5.74) is 10.3. The topological polar surface area (TPSA) is 75.1 Å². The highest BCUT2D eigenvalue weighted by Crippen LogP contribution is 2.29. The van der Waals surface area contributed by atoms with E-state index in [4.69, 9.17) is 10.3 Å². The molecule has 0 aromatic heterocycles. The molecule has 2 aliphatic carbocycles. The number of fused-ring (bicyclic) bond motifs is 1. The van der Waals surface area contributed by atoms with Crippen molar-refractivity contribution in [2.45, 2.75) is 18.9 Å². The fraction of sp³-hybridized carbons (Fsp3) is 0.250. The SMILES string of the molecule is [N-]=[N+]=C1CC2=C(CC1=O)N=C1C=CC=CC1O2. The normalized spacial score (nSPS) is 25.9. The Kier molecular flexibility index (Phi) is 2.13. The van der Waals surface area contributed by atoms with Gasteiger partial charge in [-0.3, -0.25) is 4.79 Å². The van der Waals surface area contributed by atoms with E-state index in [1.54, 1.807) is 0 Å². The van der Waals surface area contributed by atoms with Gasteiger partial charge < -0.3 is 10.3 Å². The molecular formula is C12H9N3O2. The Balaban J connectivity index is 2.01. The van der Waals surface area contributed by atoms with Crippen LogP contribution in [-0.4, -0.2) is 28.1 Å². The maximum Gasteiger partial charge on any atom is 0.342 e. The molecule has 3 aliphatic rings. The molecule has 5 nitrogen and oxygen atoms in total. The lowest BCUT2D eigenvalue weighted by atomic mass is 9.97. The average Bonchev–Trinajstić information content (AvgIpc) is 2.35. The van der Waals surface area contributed by atoms with E-state index in [0.717, 1.165) is 5.71 Å². The van der Waals surface area contributed by atoms with E-state index >= 15 is 0 Å². The zero-order valence-corrected chi connectivity index (χ0v) is 8.96. The summed E-state index contributed by atoms with van der Waals surface area (Å²) in [5, 5.41) is 0. The van der Waals surface area contributed by atoms with E-state index < -0.39 is 0 Å². The molecule has 0 fully saturated rings. The maximum atomic E-state index is 11.6. The smallest absolute Gasteiger partial charge is 0.342 e. The van der Waals surface area contributed by atoms with Crippen molar-refractivity contribution in [2.75, 3.05) is 0 Å². The van der Waals surface area contributed by atoms with E-state index in [9.17, 15) is 4.79 Å². The Morgan fingerprint density at radius 1 is 1.41 bits per heavy atom. The Labute approximate surface area is 97.4 Å². The third kappa shape index (κ3) is 1.57. The molecule has 1 aliphatic heterocycles. The zero-order valence-electron chi connectivity index (χ0n) is 8.96. The number of ether oxygens (including phenoxy) is 1. The van der Waals surface area contributed by atoms with Crippen LogP contribution in [0.2, 0.25) is 0 Å². The van der Waals surface area contributed by atoms with Crippen LogP contribution in [0.3, 0.4) is 0 Å². The lowest BCUT2D eigenvalue weighted by molar-refractivity contribution is -0.117. The summed E-state index contributed by atoms with van der Waals surface area (Å²) < 4.78 is 5.74. The number of nitrogens with zero attached hydrogens (tertiary/aromatic N) is 3. The van der Waals surface area contributed by atoms with Crippen molar-refractivity contribution >= 4 is 17.2 Å². The van der Waals surface area contributed by atoms with Gasteiger partial charge in [-0.15, -0.1) is 0 Å². The van der Waals surface area contributed by atoms with Crippen molar-refractivity contribution in [2.24, 2.45) is 4.99 Å². The molecule has 0 amide bonds. The molecule has 1 heterocycles. The van der Waals surface area contributed by atoms with Gasteiger partial charge in [0.25, 0.3) is 0 Å². The van der Waals surface area contributed by atoms with Gasteiger partial charge in [0.15, 0.2) is 6.10 Å². The van der Waals surface area contributed by atoms with E-state index in [0.29, 0.717) is 11.5 Å². The van der Waals surface area contributed by atoms with Crippen molar-refractivity contribution < 1.29 is 14.3 Å². The highest BCUT2D eigenvalue weighted by molar-refractivity contribution is 6.39. The van der Waals surface area contributed by atoms with Crippen molar-refractivity contribution in [1.82, 2.24) is 0 Å². The third-order valence-corrected chi connectivity index (χ3v) is 2.91. The lowest BCUT2D eigenvalue weighted by Gasteiger charge is -2.27. The largest absolute Gasteiger partial charge is 0.482 e. The first-order valence-corrected chi connectivity index (χ1v) is 5.34. The van der Waals surface area contributed by atoms with E-state index in [2.05, 4.69) is 9.78 Å². The minimum atomic E-state index is -0.201. The molecule has 0 saturated heterocycles. The van der Waals surface area contributed by atoms with Gasteiger partial charge >= 0.3 is 5.71 Å². The molecule has 84 valence electrons. The minimum Gasteiger partial charge on any atom is -0.482 e. The number of hydrogen-bond acceptors (Lipinski definition) is 3. The number of carbonyl (C=O) groups is 1. The highest BCUT2D eigenvalue weighted by Gasteiger charge is 2.35. The highest BCUT2D eigenvalue weighted by atomic mass is 16.5. The predicted molar refractivity (Wildman–Crippen MR) is 60.5 cm³/mol. The third-order valence-electron chi connectivity index (χ3n) is 2.91. The summed E-state index contributed by atoms with van der Waals surface area (Å²) in [4.78, 5) is 19.0. The van der Waals surface area contributed by atoms with Gasteiger partial charge in [-0.1, -0.05) is 12.2 Å². The number of carbonyl (C=O) groups excluding carboxylic acids is 1. The Hall–Kier alpha value is -2.26. The molecular weight excluding hydrogens is 218 g/mol. The number of ketones is 1. The van der Waals surface area contributed by atoms with E-state index in [1.165, 1.54) is 0 Å². The van der Waals surface area contributed by atoms with Crippen molar-refractivity contribution in [3.8, 4) is 0 Å². The summed E-state index contributed by atoms with van der Waals surface area (Å²) >= 11 is 0. The monoisotopic (exact) mass is 227 g/mol. The maximum absolute atomic E-state index is 11.6. The molecule has 1 atom stereocenters. The molecule has 0 saturated carbocycles. The number of aliphatic imine (C=N–C) groups is 1. The number of rotatable bonds is 0. The Morgan fingerprint density at radius 2 is 2.29 bits per heavy atom. The first-order chi connectivity index (χ1) is 8.28. The van der Waals surface area contributed by atoms with Gasteiger partial charge in [0.05, 0.1) is 17.8 Å².